The third-order valence-electron chi connectivity index (χ3n) is 4.23. The van der Waals surface area contributed by atoms with Crippen LogP contribution in [0.4, 0.5) is 0 Å². The molecule has 1 nitrogen and oxygen atoms in total. The summed E-state index contributed by atoms with van der Waals surface area (Å²) in [7, 11) is 0. The molecule has 0 saturated carbocycles. The van der Waals surface area contributed by atoms with Crippen molar-refractivity contribution in [3.8, 4) is 0 Å². The molecule has 0 N–H and O–H groups in total. The minimum atomic E-state index is -0.0312. The zero-order valence-corrected chi connectivity index (χ0v) is 19.7. The van der Waals surface area contributed by atoms with Gasteiger partial charge in [0.15, 0.2) is 5.78 Å². The fraction of sp³-hybridized carbons (Fsp3) is 0.318. The molecule has 0 fully saturated rings. The maximum absolute atomic E-state index is 12.5. The Bertz CT molecular complexity index is 740. The maximum atomic E-state index is 12.5. The number of hydrogen-bond acceptors (Lipinski definition) is 1. The molecule has 0 amide bonds. The van der Waals surface area contributed by atoms with E-state index < -0.39 is 0 Å². The minimum Gasteiger partial charge on any atom is -0.289 e. The summed E-state index contributed by atoms with van der Waals surface area (Å²) in [5.74, 6) is -0.0312. The van der Waals surface area contributed by atoms with Crippen LogP contribution < -0.4 is 0 Å². The SMILES string of the molecule is CCCCCCCc1ccc(C=CC(=O)c2c(Br)cc(Br)cc2Br)cc1. The molecule has 26 heavy (non-hydrogen) atoms. The smallest absolute Gasteiger partial charge is 0.188 e. The number of allylic oxidation sites excluding steroid dienone is 1. The quantitative estimate of drug-likeness (QED) is 0.177. The summed E-state index contributed by atoms with van der Waals surface area (Å²) < 4.78 is 2.46. The van der Waals surface area contributed by atoms with Gasteiger partial charge in [0.2, 0.25) is 0 Å². The molecule has 0 spiro atoms. The van der Waals surface area contributed by atoms with Gasteiger partial charge < -0.3 is 0 Å². The van der Waals surface area contributed by atoms with E-state index in [4.69, 9.17) is 0 Å². The number of carbonyl (C=O) groups is 1. The van der Waals surface area contributed by atoms with Crippen LogP contribution in [-0.2, 0) is 6.42 Å². The van der Waals surface area contributed by atoms with E-state index in [-0.39, 0.29) is 5.78 Å². The van der Waals surface area contributed by atoms with Crippen molar-refractivity contribution in [1.82, 2.24) is 0 Å². The molecule has 2 aromatic rings. The standard InChI is InChI=1S/C22H23Br3O/c1-2-3-4-5-6-7-16-8-10-17(11-9-16)12-13-21(26)22-19(24)14-18(23)15-20(22)25/h8-15H,2-7H2,1H3. The first-order chi connectivity index (χ1) is 12.5. The van der Waals surface area contributed by atoms with Gasteiger partial charge in [0.1, 0.15) is 0 Å². The predicted octanol–water partition coefficient (Wildman–Crippen LogP) is 8.38. The normalized spacial score (nSPS) is 11.2. The van der Waals surface area contributed by atoms with Crippen LogP contribution in [0, 0.1) is 0 Å². The predicted molar refractivity (Wildman–Crippen MR) is 122 cm³/mol. The lowest BCUT2D eigenvalue weighted by atomic mass is 10.0. The van der Waals surface area contributed by atoms with Crippen molar-refractivity contribution in [3.63, 3.8) is 0 Å². The molecule has 0 unspecified atom stereocenters. The van der Waals surface area contributed by atoms with Crippen LogP contribution in [0.2, 0.25) is 0 Å². The Morgan fingerprint density at radius 3 is 2.15 bits per heavy atom. The van der Waals surface area contributed by atoms with E-state index in [0.717, 1.165) is 25.4 Å². The van der Waals surface area contributed by atoms with Crippen molar-refractivity contribution >= 4 is 59.6 Å². The Morgan fingerprint density at radius 2 is 1.54 bits per heavy atom. The van der Waals surface area contributed by atoms with Gasteiger partial charge in [-0.2, -0.15) is 0 Å². The van der Waals surface area contributed by atoms with E-state index in [1.807, 2.05) is 18.2 Å². The number of hydrogen-bond donors (Lipinski definition) is 0. The monoisotopic (exact) mass is 540 g/mol. The van der Waals surface area contributed by atoms with E-state index in [0.29, 0.717) is 5.56 Å². The largest absolute Gasteiger partial charge is 0.289 e. The number of carbonyl (C=O) groups excluding carboxylic acids is 1. The summed E-state index contributed by atoms with van der Waals surface area (Å²) in [5, 5.41) is 0. The molecule has 0 aromatic heterocycles. The van der Waals surface area contributed by atoms with Gasteiger partial charge in [0.05, 0.1) is 5.56 Å². The van der Waals surface area contributed by atoms with Crippen molar-refractivity contribution in [3.05, 3.63) is 72.6 Å². The Morgan fingerprint density at radius 1 is 0.923 bits per heavy atom. The highest BCUT2D eigenvalue weighted by Gasteiger charge is 2.12. The average molecular weight is 543 g/mol. The number of ketones is 1. The maximum Gasteiger partial charge on any atom is 0.188 e. The van der Waals surface area contributed by atoms with E-state index in [1.54, 1.807) is 6.08 Å². The Labute approximate surface area is 181 Å². The van der Waals surface area contributed by atoms with Gasteiger partial charge in [-0.1, -0.05) is 78.9 Å². The van der Waals surface area contributed by atoms with E-state index in [2.05, 4.69) is 79.0 Å². The number of benzene rings is 2. The van der Waals surface area contributed by atoms with E-state index in [9.17, 15) is 4.79 Å². The first-order valence-electron chi connectivity index (χ1n) is 8.97. The summed E-state index contributed by atoms with van der Waals surface area (Å²) in [6.45, 7) is 2.24. The molecule has 0 atom stereocenters. The van der Waals surface area contributed by atoms with Crippen LogP contribution >= 0.6 is 47.8 Å². The molecule has 0 saturated heterocycles. The van der Waals surface area contributed by atoms with Crippen molar-refractivity contribution in [2.45, 2.75) is 45.4 Å². The fourth-order valence-electron chi connectivity index (χ4n) is 2.76. The summed E-state index contributed by atoms with van der Waals surface area (Å²) in [5.41, 5.74) is 3.04. The first kappa shape index (κ1) is 21.6. The fourth-order valence-corrected chi connectivity index (χ4v) is 5.41. The topological polar surface area (TPSA) is 17.1 Å². The van der Waals surface area contributed by atoms with Gasteiger partial charge in [-0.05, 0) is 74.0 Å². The lowest BCUT2D eigenvalue weighted by Gasteiger charge is -2.05. The van der Waals surface area contributed by atoms with Crippen LogP contribution in [0.25, 0.3) is 6.08 Å². The van der Waals surface area contributed by atoms with Gasteiger partial charge in [-0.15, -0.1) is 0 Å². The van der Waals surface area contributed by atoms with Crippen LogP contribution in [-0.4, -0.2) is 5.78 Å². The second-order valence-corrected chi connectivity index (χ2v) is 8.97. The van der Waals surface area contributed by atoms with E-state index >= 15 is 0 Å². The Hall–Kier alpha value is -0.710. The minimum absolute atomic E-state index is 0.0312. The van der Waals surface area contributed by atoms with Gasteiger partial charge in [0, 0.05) is 13.4 Å². The number of aryl methyl sites for hydroxylation is 1. The van der Waals surface area contributed by atoms with Crippen molar-refractivity contribution < 1.29 is 4.79 Å². The van der Waals surface area contributed by atoms with Crippen molar-refractivity contribution in [1.29, 1.82) is 0 Å². The molecular weight excluding hydrogens is 520 g/mol. The van der Waals surface area contributed by atoms with Gasteiger partial charge in [0.25, 0.3) is 0 Å². The highest BCUT2D eigenvalue weighted by atomic mass is 79.9. The highest BCUT2D eigenvalue weighted by Crippen LogP contribution is 2.30. The molecule has 0 aliphatic rings. The van der Waals surface area contributed by atoms with E-state index in [1.165, 1.54) is 37.7 Å². The Kier molecular flexibility index (Phi) is 9.30. The molecule has 0 aliphatic heterocycles. The lowest BCUT2D eigenvalue weighted by Crippen LogP contribution is -1.97. The number of halogens is 3. The zero-order chi connectivity index (χ0) is 18.9. The lowest BCUT2D eigenvalue weighted by molar-refractivity contribution is 0.104. The summed E-state index contributed by atoms with van der Waals surface area (Å²) in [6, 6.07) is 12.2. The number of rotatable bonds is 9. The highest BCUT2D eigenvalue weighted by molar-refractivity contribution is 9.11. The molecule has 0 bridgehead atoms. The van der Waals surface area contributed by atoms with Crippen LogP contribution in [0.1, 0.15) is 60.5 Å². The second-order valence-electron chi connectivity index (χ2n) is 6.35. The van der Waals surface area contributed by atoms with Crippen LogP contribution in [0.3, 0.4) is 0 Å². The van der Waals surface area contributed by atoms with Crippen LogP contribution in [0.15, 0.2) is 55.9 Å². The first-order valence-corrected chi connectivity index (χ1v) is 11.3. The zero-order valence-electron chi connectivity index (χ0n) is 14.9. The second kappa shape index (κ2) is 11.2. The molecule has 4 heteroatoms. The van der Waals surface area contributed by atoms with Crippen molar-refractivity contribution in [2.75, 3.05) is 0 Å². The van der Waals surface area contributed by atoms with Crippen LogP contribution in [0.5, 0.6) is 0 Å². The summed E-state index contributed by atoms with van der Waals surface area (Å²) in [4.78, 5) is 12.5. The molecule has 2 aromatic carbocycles. The van der Waals surface area contributed by atoms with Gasteiger partial charge in [-0.25, -0.2) is 0 Å². The molecular formula is C22H23Br3O. The third kappa shape index (κ3) is 6.79. The van der Waals surface area contributed by atoms with Gasteiger partial charge in [-0.3, -0.25) is 4.79 Å². The molecule has 0 radical (unpaired) electrons. The number of unbranched alkanes of at least 4 members (excludes halogenated alkanes) is 4. The Balaban J connectivity index is 1.95. The summed E-state index contributed by atoms with van der Waals surface area (Å²) >= 11 is 10.3. The molecule has 0 aliphatic carbocycles. The van der Waals surface area contributed by atoms with Crippen molar-refractivity contribution in [2.24, 2.45) is 0 Å². The van der Waals surface area contributed by atoms with Gasteiger partial charge >= 0.3 is 0 Å². The molecule has 0 heterocycles. The third-order valence-corrected chi connectivity index (χ3v) is 5.94. The average Bonchev–Trinajstić information content (AvgIpc) is 2.60. The summed E-state index contributed by atoms with van der Waals surface area (Å²) in [6.07, 6.45) is 11.1. The molecule has 2 rings (SSSR count). The molecule has 138 valence electrons.